The van der Waals surface area contributed by atoms with E-state index >= 15 is 0 Å². The van der Waals surface area contributed by atoms with Gasteiger partial charge in [0.25, 0.3) is 5.89 Å². The van der Waals surface area contributed by atoms with Crippen LogP contribution < -0.4 is 5.73 Å². The van der Waals surface area contributed by atoms with Crippen molar-refractivity contribution in [1.82, 2.24) is 10.1 Å². The lowest BCUT2D eigenvalue weighted by Gasteiger charge is -2.16. The van der Waals surface area contributed by atoms with Crippen molar-refractivity contribution >= 4 is 0 Å². The Balaban J connectivity index is 2.48. The van der Waals surface area contributed by atoms with Gasteiger partial charge in [0.2, 0.25) is 0 Å². The van der Waals surface area contributed by atoms with Crippen LogP contribution in [0, 0.1) is 11.6 Å². The lowest BCUT2D eigenvalue weighted by Crippen LogP contribution is -2.33. The maximum absolute atomic E-state index is 13.5. The Hall–Kier alpha value is -1.82. The summed E-state index contributed by atoms with van der Waals surface area (Å²) in [5, 5.41) is 3.67. The number of aromatic nitrogens is 2. The van der Waals surface area contributed by atoms with Gasteiger partial charge in [0.1, 0.15) is 17.2 Å². The molecule has 0 aliphatic carbocycles. The number of hydrogen-bond donors (Lipinski definition) is 1. The molecule has 0 spiro atoms. The van der Waals surface area contributed by atoms with E-state index in [0.717, 1.165) is 12.1 Å². The van der Waals surface area contributed by atoms with Crippen LogP contribution in [0.15, 0.2) is 22.7 Å². The molecule has 0 aliphatic rings. The highest BCUT2D eigenvalue weighted by Crippen LogP contribution is 2.26. The quantitative estimate of drug-likeness (QED) is 0.913. The molecule has 1 atom stereocenters. The highest BCUT2D eigenvalue weighted by atomic mass is 19.1. The van der Waals surface area contributed by atoms with Gasteiger partial charge in [0.05, 0.1) is 5.54 Å². The molecule has 2 rings (SSSR count). The molecule has 18 heavy (non-hydrogen) atoms. The summed E-state index contributed by atoms with van der Waals surface area (Å²) in [6, 6.07) is 3.53. The van der Waals surface area contributed by atoms with Crippen molar-refractivity contribution in [2.75, 3.05) is 0 Å². The van der Waals surface area contributed by atoms with Gasteiger partial charge < -0.3 is 10.3 Å². The first kappa shape index (κ1) is 12.6. The summed E-state index contributed by atoms with van der Waals surface area (Å²) in [7, 11) is 0. The summed E-state index contributed by atoms with van der Waals surface area (Å²) in [6.07, 6.45) is 0.575. The Labute approximate surface area is 103 Å². The highest BCUT2D eigenvalue weighted by molar-refractivity contribution is 5.54. The largest absolute Gasteiger partial charge is 0.334 e. The molecular formula is C12H13F2N3O. The molecule has 1 heterocycles. The van der Waals surface area contributed by atoms with Gasteiger partial charge in [-0.05, 0) is 25.5 Å². The number of nitrogens with zero attached hydrogens (tertiary/aromatic N) is 2. The van der Waals surface area contributed by atoms with Crippen LogP contribution in [0.1, 0.15) is 26.1 Å². The van der Waals surface area contributed by atoms with Crippen molar-refractivity contribution in [2.45, 2.75) is 25.8 Å². The van der Waals surface area contributed by atoms with E-state index in [0.29, 0.717) is 6.42 Å². The number of rotatable bonds is 3. The number of nitrogens with two attached hydrogens (primary N) is 1. The Morgan fingerprint density at radius 2 is 1.94 bits per heavy atom. The van der Waals surface area contributed by atoms with Crippen LogP contribution in [0.3, 0.4) is 0 Å². The molecule has 0 amide bonds. The zero-order valence-electron chi connectivity index (χ0n) is 10.1. The Morgan fingerprint density at radius 3 is 2.50 bits per heavy atom. The molecule has 0 aliphatic heterocycles. The fourth-order valence-corrected chi connectivity index (χ4v) is 1.42. The maximum atomic E-state index is 13.5. The lowest BCUT2D eigenvalue weighted by molar-refractivity contribution is 0.377. The van der Waals surface area contributed by atoms with Gasteiger partial charge >= 0.3 is 0 Å². The normalized spacial score (nSPS) is 14.5. The zero-order valence-corrected chi connectivity index (χ0v) is 10.1. The van der Waals surface area contributed by atoms with Crippen molar-refractivity contribution in [3.8, 4) is 11.5 Å². The molecule has 4 nitrogen and oxygen atoms in total. The van der Waals surface area contributed by atoms with Crippen LogP contribution in [0.4, 0.5) is 8.78 Å². The molecule has 6 heteroatoms. The predicted molar refractivity (Wildman–Crippen MR) is 61.5 cm³/mol. The Bertz CT molecular complexity index is 546. The number of halogens is 2. The first-order chi connectivity index (χ1) is 8.45. The van der Waals surface area contributed by atoms with Crippen LogP contribution in [-0.2, 0) is 5.54 Å². The van der Waals surface area contributed by atoms with Gasteiger partial charge in [-0.3, -0.25) is 0 Å². The second-order valence-electron chi connectivity index (χ2n) is 4.29. The minimum absolute atomic E-state index is 0.203. The minimum atomic E-state index is -0.788. The predicted octanol–water partition coefficient (Wildman–Crippen LogP) is 2.60. The van der Waals surface area contributed by atoms with E-state index in [9.17, 15) is 8.78 Å². The third kappa shape index (κ3) is 2.11. The summed E-state index contributed by atoms with van der Waals surface area (Å²) < 4.78 is 31.9. The maximum Gasteiger partial charge on any atom is 0.263 e. The lowest BCUT2D eigenvalue weighted by atomic mass is 10.00. The Morgan fingerprint density at radius 1 is 1.33 bits per heavy atom. The average Bonchev–Trinajstić information content (AvgIpc) is 2.79. The summed E-state index contributed by atoms with van der Waals surface area (Å²) in [5.41, 5.74) is 4.81. The van der Waals surface area contributed by atoms with E-state index in [4.69, 9.17) is 10.3 Å². The first-order valence-corrected chi connectivity index (χ1v) is 5.53. The molecule has 1 aromatic heterocycles. The van der Waals surface area contributed by atoms with Crippen molar-refractivity contribution in [3.63, 3.8) is 0 Å². The van der Waals surface area contributed by atoms with Crippen LogP contribution >= 0.6 is 0 Å². The van der Waals surface area contributed by atoms with E-state index < -0.39 is 17.2 Å². The van der Waals surface area contributed by atoms with Crippen LogP contribution in [0.2, 0.25) is 0 Å². The van der Waals surface area contributed by atoms with Crippen LogP contribution in [-0.4, -0.2) is 10.1 Å². The van der Waals surface area contributed by atoms with E-state index in [-0.39, 0.29) is 17.3 Å². The van der Waals surface area contributed by atoms with Crippen molar-refractivity contribution < 1.29 is 13.3 Å². The van der Waals surface area contributed by atoms with Gasteiger partial charge in [0.15, 0.2) is 5.82 Å². The van der Waals surface area contributed by atoms with Crippen molar-refractivity contribution in [2.24, 2.45) is 5.73 Å². The zero-order chi connectivity index (χ0) is 13.3. The molecule has 0 saturated carbocycles. The Kier molecular flexibility index (Phi) is 3.13. The summed E-state index contributed by atoms with van der Waals surface area (Å²) in [4.78, 5) is 3.96. The van der Waals surface area contributed by atoms with Gasteiger partial charge in [-0.25, -0.2) is 8.78 Å². The highest BCUT2D eigenvalue weighted by Gasteiger charge is 2.27. The van der Waals surface area contributed by atoms with E-state index in [1.807, 2.05) is 6.92 Å². The average molecular weight is 253 g/mol. The standard InChI is InChI=1S/C12H13F2N3O/c1-3-12(2,15)11-16-10(18-17-11)9-7(13)5-4-6-8(9)14/h4-6H,3,15H2,1-2H3. The molecule has 0 bridgehead atoms. The van der Waals surface area contributed by atoms with Crippen molar-refractivity contribution in [1.29, 1.82) is 0 Å². The van der Waals surface area contributed by atoms with E-state index in [1.54, 1.807) is 6.92 Å². The second kappa shape index (κ2) is 4.45. The third-order valence-electron chi connectivity index (χ3n) is 2.85. The van der Waals surface area contributed by atoms with E-state index in [2.05, 4.69) is 10.1 Å². The van der Waals surface area contributed by atoms with Gasteiger partial charge in [-0.1, -0.05) is 18.1 Å². The molecule has 96 valence electrons. The molecule has 1 aromatic carbocycles. The second-order valence-corrected chi connectivity index (χ2v) is 4.29. The van der Waals surface area contributed by atoms with Gasteiger partial charge in [-0.15, -0.1) is 0 Å². The molecule has 2 N–H and O–H groups in total. The molecular weight excluding hydrogens is 240 g/mol. The number of benzene rings is 1. The molecule has 1 unspecified atom stereocenters. The van der Waals surface area contributed by atoms with Gasteiger partial charge in [0, 0.05) is 0 Å². The molecule has 0 fully saturated rings. The molecule has 0 saturated heterocycles. The fraction of sp³-hybridized carbons (Fsp3) is 0.333. The fourth-order valence-electron chi connectivity index (χ4n) is 1.42. The smallest absolute Gasteiger partial charge is 0.263 e. The first-order valence-electron chi connectivity index (χ1n) is 5.53. The molecule has 2 aromatic rings. The van der Waals surface area contributed by atoms with Crippen LogP contribution in [0.5, 0.6) is 0 Å². The summed E-state index contributed by atoms with van der Waals surface area (Å²) >= 11 is 0. The number of hydrogen-bond acceptors (Lipinski definition) is 4. The minimum Gasteiger partial charge on any atom is -0.334 e. The van der Waals surface area contributed by atoms with E-state index in [1.165, 1.54) is 6.07 Å². The molecule has 0 radical (unpaired) electrons. The summed E-state index contributed by atoms with van der Waals surface area (Å²) in [5.74, 6) is -1.48. The van der Waals surface area contributed by atoms with Gasteiger partial charge in [-0.2, -0.15) is 4.98 Å². The monoisotopic (exact) mass is 253 g/mol. The topological polar surface area (TPSA) is 64.9 Å². The van der Waals surface area contributed by atoms with Crippen molar-refractivity contribution in [3.05, 3.63) is 35.7 Å². The summed E-state index contributed by atoms with van der Waals surface area (Å²) in [6.45, 7) is 3.58. The third-order valence-corrected chi connectivity index (χ3v) is 2.85. The van der Waals surface area contributed by atoms with Crippen LogP contribution in [0.25, 0.3) is 11.5 Å². The SMILES string of the molecule is CCC(C)(N)c1noc(-c2c(F)cccc2F)n1.